The number of rotatable bonds is 1. The second-order valence-corrected chi connectivity index (χ2v) is 3.69. The van der Waals surface area contributed by atoms with Crippen LogP contribution < -0.4 is 11.3 Å². The van der Waals surface area contributed by atoms with E-state index in [1.165, 1.54) is 0 Å². The van der Waals surface area contributed by atoms with E-state index >= 15 is 0 Å². The van der Waals surface area contributed by atoms with Gasteiger partial charge >= 0.3 is 0 Å². The van der Waals surface area contributed by atoms with Crippen LogP contribution in [0.5, 0.6) is 0 Å². The summed E-state index contributed by atoms with van der Waals surface area (Å²) in [4.78, 5) is 11.7. The molecule has 0 amide bonds. The molecule has 3 heteroatoms. The smallest absolute Gasteiger partial charge is 0.251 e. The Kier molecular flexibility index (Phi) is 2.23. The third kappa shape index (κ3) is 1.50. The lowest BCUT2D eigenvalue weighted by molar-refractivity contribution is 0.758. The van der Waals surface area contributed by atoms with Gasteiger partial charge in [-0.25, -0.2) is 0 Å². The largest absolute Gasteiger partial charge is 0.399 e. The molecule has 0 atom stereocenters. The third-order valence-corrected chi connectivity index (χ3v) is 2.66. The van der Waals surface area contributed by atoms with E-state index in [4.69, 9.17) is 5.73 Å². The van der Waals surface area contributed by atoms with Gasteiger partial charge in [0.05, 0.1) is 5.52 Å². The van der Waals surface area contributed by atoms with Gasteiger partial charge in [0, 0.05) is 23.7 Å². The molecule has 0 spiro atoms. The maximum Gasteiger partial charge on any atom is 0.251 e. The van der Waals surface area contributed by atoms with Crippen LogP contribution in [-0.2, 0) is 6.54 Å². The predicted octanol–water partition coefficient (Wildman–Crippen LogP) is 1.91. The predicted molar refractivity (Wildman–Crippen MR) is 63.0 cm³/mol. The van der Waals surface area contributed by atoms with Gasteiger partial charge in [-0.2, -0.15) is 0 Å². The van der Waals surface area contributed by atoms with Crippen molar-refractivity contribution in [1.29, 1.82) is 0 Å². The van der Waals surface area contributed by atoms with Crippen LogP contribution in [0.4, 0.5) is 5.69 Å². The first-order valence-electron chi connectivity index (χ1n) is 5.03. The molecule has 0 aliphatic rings. The zero-order chi connectivity index (χ0) is 11.0. The number of nitrogens with two attached hydrogens (primary N) is 1. The van der Waals surface area contributed by atoms with Gasteiger partial charge in [-0.15, -0.1) is 0 Å². The number of anilines is 1. The van der Waals surface area contributed by atoms with Crippen molar-refractivity contribution in [1.82, 2.24) is 4.57 Å². The molecule has 2 N–H and O–H groups in total. The molecule has 0 saturated heterocycles. The summed E-state index contributed by atoms with van der Waals surface area (Å²) in [6, 6.07) is 7.30. The molecule has 0 unspecified atom stereocenters. The standard InChI is InChI=1S/C12H14N2O/c1-3-14-11-5-4-9(13)7-10(11)8(2)6-12(14)15/h4-7H,3,13H2,1-2H3. The molecule has 1 aromatic carbocycles. The van der Waals surface area contributed by atoms with Crippen molar-refractivity contribution in [3.63, 3.8) is 0 Å². The first-order valence-corrected chi connectivity index (χ1v) is 5.03. The zero-order valence-electron chi connectivity index (χ0n) is 8.95. The lowest BCUT2D eigenvalue weighted by Crippen LogP contribution is -2.19. The molecule has 2 rings (SSSR count). The molecule has 0 aliphatic carbocycles. The number of nitrogen functional groups attached to an aromatic ring is 1. The lowest BCUT2D eigenvalue weighted by atomic mass is 10.1. The first-order chi connectivity index (χ1) is 7.13. The average molecular weight is 202 g/mol. The van der Waals surface area contributed by atoms with Crippen molar-refractivity contribution >= 4 is 16.6 Å². The van der Waals surface area contributed by atoms with Crippen LogP contribution in [0.25, 0.3) is 10.9 Å². The Morgan fingerprint density at radius 3 is 2.73 bits per heavy atom. The summed E-state index contributed by atoms with van der Waals surface area (Å²) in [7, 11) is 0. The van der Waals surface area contributed by atoms with E-state index in [0.29, 0.717) is 6.54 Å². The van der Waals surface area contributed by atoms with Crippen molar-refractivity contribution in [2.24, 2.45) is 0 Å². The summed E-state index contributed by atoms with van der Waals surface area (Å²) in [5.41, 5.74) is 8.45. The number of hydrogen-bond acceptors (Lipinski definition) is 2. The molecular weight excluding hydrogens is 188 g/mol. The van der Waals surface area contributed by atoms with E-state index in [2.05, 4.69) is 0 Å². The van der Waals surface area contributed by atoms with Crippen LogP contribution in [0.1, 0.15) is 12.5 Å². The number of aromatic nitrogens is 1. The molecule has 0 radical (unpaired) electrons. The Morgan fingerprint density at radius 1 is 1.33 bits per heavy atom. The van der Waals surface area contributed by atoms with Crippen LogP contribution in [0.3, 0.4) is 0 Å². The van der Waals surface area contributed by atoms with Gasteiger partial charge in [-0.3, -0.25) is 4.79 Å². The molecule has 0 aliphatic heterocycles. The minimum absolute atomic E-state index is 0.0484. The monoisotopic (exact) mass is 202 g/mol. The molecule has 1 aromatic heterocycles. The number of aryl methyl sites for hydroxylation is 2. The fraction of sp³-hybridized carbons (Fsp3) is 0.250. The van der Waals surface area contributed by atoms with Gasteiger partial charge in [0.2, 0.25) is 0 Å². The zero-order valence-corrected chi connectivity index (χ0v) is 8.95. The molecule has 3 nitrogen and oxygen atoms in total. The fourth-order valence-corrected chi connectivity index (χ4v) is 1.89. The molecule has 0 saturated carbocycles. The van der Waals surface area contributed by atoms with Crippen LogP contribution in [0.2, 0.25) is 0 Å². The molecule has 0 fully saturated rings. The summed E-state index contributed by atoms with van der Waals surface area (Å²) in [6.07, 6.45) is 0. The van der Waals surface area contributed by atoms with E-state index < -0.39 is 0 Å². The van der Waals surface area contributed by atoms with Crippen molar-refractivity contribution in [3.8, 4) is 0 Å². The molecule has 2 aromatic rings. The van der Waals surface area contributed by atoms with Gasteiger partial charge in [0.25, 0.3) is 5.56 Å². The van der Waals surface area contributed by atoms with Crippen molar-refractivity contribution in [2.75, 3.05) is 5.73 Å². The number of nitrogens with zero attached hydrogens (tertiary/aromatic N) is 1. The summed E-state index contributed by atoms with van der Waals surface area (Å²) in [5.74, 6) is 0. The highest BCUT2D eigenvalue weighted by atomic mass is 16.1. The van der Waals surface area contributed by atoms with E-state index in [1.807, 2.05) is 32.0 Å². The summed E-state index contributed by atoms with van der Waals surface area (Å²) in [5, 5.41) is 1.05. The van der Waals surface area contributed by atoms with Crippen LogP contribution in [-0.4, -0.2) is 4.57 Å². The highest BCUT2D eigenvalue weighted by Gasteiger charge is 2.04. The number of benzene rings is 1. The maximum atomic E-state index is 11.7. The van der Waals surface area contributed by atoms with Gasteiger partial charge in [-0.1, -0.05) is 0 Å². The Bertz CT molecular complexity index is 570. The van der Waals surface area contributed by atoms with Crippen LogP contribution >= 0.6 is 0 Å². The molecule has 1 heterocycles. The van der Waals surface area contributed by atoms with Gasteiger partial charge in [0.1, 0.15) is 0 Å². The van der Waals surface area contributed by atoms with E-state index in [-0.39, 0.29) is 5.56 Å². The van der Waals surface area contributed by atoms with Crippen LogP contribution in [0.15, 0.2) is 29.1 Å². The first kappa shape index (κ1) is 9.77. The fourth-order valence-electron chi connectivity index (χ4n) is 1.89. The molecule has 78 valence electrons. The topological polar surface area (TPSA) is 48.0 Å². The van der Waals surface area contributed by atoms with Crippen LogP contribution in [0, 0.1) is 6.92 Å². The Hall–Kier alpha value is -1.77. The highest BCUT2D eigenvalue weighted by Crippen LogP contribution is 2.19. The molecule has 0 bridgehead atoms. The van der Waals surface area contributed by atoms with Crippen molar-refractivity contribution in [2.45, 2.75) is 20.4 Å². The summed E-state index contributed by atoms with van der Waals surface area (Å²) in [6.45, 7) is 4.58. The quantitative estimate of drug-likeness (QED) is 0.718. The van der Waals surface area contributed by atoms with E-state index in [0.717, 1.165) is 22.2 Å². The second kappa shape index (κ2) is 3.42. The number of pyridine rings is 1. The summed E-state index contributed by atoms with van der Waals surface area (Å²) >= 11 is 0. The Balaban J connectivity index is 2.96. The Morgan fingerprint density at radius 2 is 2.07 bits per heavy atom. The van der Waals surface area contributed by atoms with Gasteiger partial charge < -0.3 is 10.3 Å². The normalized spacial score (nSPS) is 10.8. The Labute approximate surface area is 88.1 Å². The lowest BCUT2D eigenvalue weighted by Gasteiger charge is -2.10. The van der Waals surface area contributed by atoms with Crippen molar-refractivity contribution < 1.29 is 0 Å². The van der Waals surface area contributed by atoms with Crippen molar-refractivity contribution in [3.05, 3.63) is 40.2 Å². The maximum absolute atomic E-state index is 11.7. The third-order valence-electron chi connectivity index (χ3n) is 2.66. The highest BCUT2D eigenvalue weighted by molar-refractivity contribution is 5.85. The molecular formula is C12H14N2O. The summed E-state index contributed by atoms with van der Waals surface area (Å²) < 4.78 is 1.75. The average Bonchev–Trinajstić information content (AvgIpc) is 2.19. The second-order valence-electron chi connectivity index (χ2n) is 3.69. The van der Waals surface area contributed by atoms with Gasteiger partial charge in [0.15, 0.2) is 0 Å². The minimum atomic E-state index is 0.0484. The van der Waals surface area contributed by atoms with E-state index in [1.54, 1.807) is 10.6 Å². The van der Waals surface area contributed by atoms with E-state index in [9.17, 15) is 4.79 Å². The van der Waals surface area contributed by atoms with Gasteiger partial charge in [-0.05, 0) is 37.6 Å². The SMILES string of the molecule is CCn1c(=O)cc(C)c2cc(N)ccc21. The minimum Gasteiger partial charge on any atom is -0.399 e. The number of hydrogen-bond donors (Lipinski definition) is 1. The number of fused-ring (bicyclic) bond motifs is 1. The molecule has 15 heavy (non-hydrogen) atoms.